The van der Waals surface area contributed by atoms with E-state index in [9.17, 15) is 36.2 Å². The van der Waals surface area contributed by atoms with Crippen molar-refractivity contribution in [1.29, 1.82) is 5.26 Å². The van der Waals surface area contributed by atoms with E-state index in [2.05, 4.69) is 9.98 Å². The largest absolute Gasteiger partial charge is 0.417 e. The first kappa shape index (κ1) is 24.3. The van der Waals surface area contributed by atoms with Crippen LogP contribution in [-0.4, -0.2) is 47.2 Å². The number of aliphatic hydroxyl groups excluding tert-OH is 1. The zero-order valence-corrected chi connectivity index (χ0v) is 16.8. The number of rotatable bonds is 2. The van der Waals surface area contributed by atoms with Gasteiger partial charge in [0.05, 0.1) is 11.1 Å². The molecule has 3 rings (SSSR count). The number of carbonyl (C=O) groups is 1. The minimum absolute atomic E-state index is 0.0427. The van der Waals surface area contributed by atoms with Crippen LogP contribution in [0, 0.1) is 23.2 Å². The van der Waals surface area contributed by atoms with Crippen LogP contribution in [0.4, 0.5) is 32.2 Å². The summed E-state index contributed by atoms with van der Waals surface area (Å²) in [5.41, 5.74) is 8.83. The molecular weight excluding hydrogens is 458 g/mol. The third-order valence-electron chi connectivity index (χ3n) is 5.62. The van der Waals surface area contributed by atoms with Crippen LogP contribution in [0.25, 0.3) is 0 Å². The van der Waals surface area contributed by atoms with Crippen molar-refractivity contribution in [2.24, 2.45) is 28.3 Å². The highest BCUT2D eigenvalue weighted by atomic mass is 19.4. The predicted molar refractivity (Wildman–Crippen MR) is 102 cm³/mol. The van der Waals surface area contributed by atoms with Crippen LogP contribution in [0.15, 0.2) is 28.5 Å². The number of alkyl halides is 6. The van der Waals surface area contributed by atoms with Crippen LogP contribution in [0.2, 0.25) is 0 Å². The Kier molecular flexibility index (Phi) is 6.29. The van der Waals surface area contributed by atoms with Gasteiger partial charge in [-0.15, -0.1) is 0 Å². The minimum atomic E-state index is -5.02. The number of aliphatic hydroxyl groups is 1. The van der Waals surface area contributed by atoms with Gasteiger partial charge in [0.2, 0.25) is 0 Å². The fourth-order valence-corrected chi connectivity index (χ4v) is 3.96. The summed E-state index contributed by atoms with van der Waals surface area (Å²) in [4.78, 5) is 20.2. The average molecular weight is 476 g/mol. The van der Waals surface area contributed by atoms with Crippen LogP contribution in [0.1, 0.15) is 24.0 Å². The van der Waals surface area contributed by atoms with Gasteiger partial charge >= 0.3 is 12.4 Å². The standard InChI is InChI=1S/C19H18F6N6O2/c20-18(21,22)10-5-11(29-7-9(10)6-26)31-3-1-8(2-4-31)14(27)12-13(19(23,24)25)15(32)17(33)30-16(12)28/h5,7-8,13,15,32H,1-4,27H2,(H2,28,30,33)/t13-,15-/m1/s1. The maximum Gasteiger partial charge on any atom is 0.417 e. The molecule has 8 nitrogen and oxygen atoms in total. The molecule has 14 heteroatoms. The van der Waals surface area contributed by atoms with Crippen molar-refractivity contribution < 1.29 is 36.2 Å². The molecule has 0 radical (unpaired) electrons. The van der Waals surface area contributed by atoms with Gasteiger partial charge in [0.25, 0.3) is 5.91 Å². The molecule has 1 saturated heterocycles. The van der Waals surface area contributed by atoms with Gasteiger partial charge in [-0.2, -0.15) is 36.6 Å². The van der Waals surface area contributed by atoms with Crippen molar-refractivity contribution in [2.75, 3.05) is 18.0 Å². The van der Waals surface area contributed by atoms with E-state index in [1.54, 1.807) is 0 Å². The molecule has 1 aromatic heterocycles. The average Bonchev–Trinajstić information content (AvgIpc) is 2.73. The van der Waals surface area contributed by atoms with Gasteiger partial charge in [-0.3, -0.25) is 4.79 Å². The molecule has 1 amide bonds. The number of aliphatic imine (C=N–C) groups is 1. The molecule has 1 fully saturated rings. The number of nitriles is 1. The highest BCUT2D eigenvalue weighted by Gasteiger charge is 2.53. The highest BCUT2D eigenvalue weighted by molar-refractivity contribution is 6.09. The molecule has 5 N–H and O–H groups in total. The lowest BCUT2D eigenvalue weighted by Gasteiger charge is -2.36. The summed E-state index contributed by atoms with van der Waals surface area (Å²) in [5, 5.41) is 18.7. The van der Waals surface area contributed by atoms with Gasteiger partial charge in [-0.05, 0) is 18.9 Å². The first-order valence-corrected chi connectivity index (χ1v) is 9.60. The Labute approximate surface area is 183 Å². The summed E-state index contributed by atoms with van der Waals surface area (Å²) in [6.45, 7) is 0.203. The van der Waals surface area contributed by atoms with Crippen molar-refractivity contribution >= 4 is 17.6 Å². The summed E-state index contributed by atoms with van der Waals surface area (Å²) in [7, 11) is 0. The van der Waals surface area contributed by atoms with Crippen LogP contribution >= 0.6 is 0 Å². The topological polar surface area (TPSA) is 142 Å². The number of halogens is 6. The number of nitrogens with zero attached hydrogens (tertiary/aromatic N) is 4. The first-order valence-electron chi connectivity index (χ1n) is 9.60. The molecule has 1 aromatic rings. The normalized spacial score (nSPS) is 24.4. The number of hydrogen-bond donors (Lipinski definition) is 3. The molecule has 0 bridgehead atoms. The zero-order chi connectivity index (χ0) is 24.7. The Bertz CT molecular complexity index is 1050. The number of hydrogen-bond acceptors (Lipinski definition) is 7. The van der Waals surface area contributed by atoms with E-state index < -0.39 is 58.7 Å². The fraction of sp³-hybridized carbons (Fsp3) is 0.474. The second-order valence-corrected chi connectivity index (χ2v) is 7.63. The molecule has 0 spiro atoms. The van der Waals surface area contributed by atoms with E-state index in [0.717, 1.165) is 12.3 Å². The maximum atomic E-state index is 13.6. The number of piperidine rings is 1. The number of nitrogens with two attached hydrogens (primary N) is 2. The van der Waals surface area contributed by atoms with E-state index in [-0.39, 0.29) is 37.4 Å². The van der Waals surface area contributed by atoms with E-state index in [4.69, 9.17) is 16.7 Å². The van der Waals surface area contributed by atoms with E-state index in [1.165, 1.54) is 11.0 Å². The molecule has 178 valence electrons. The molecule has 3 heterocycles. The van der Waals surface area contributed by atoms with Gasteiger partial charge in [0, 0.05) is 36.5 Å². The molecule has 2 aliphatic rings. The van der Waals surface area contributed by atoms with Crippen molar-refractivity contribution in [3.05, 3.63) is 34.7 Å². The van der Waals surface area contributed by atoms with Gasteiger partial charge in [0.15, 0.2) is 6.10 Å². The number of anilines is 1. The SMILES string of the molecule is N#Cc1cnc(N2CCC(C(N)=C3C(N)=NC(=O)[C@H](O)[C@@H]3C(F)(F)F)CC2)cc1C(F)(F)F. The lowest BCUT2D eigenvalue weighted by molar-refractivity contribution is -0.190. The monoisotopic (exact) mass is 476 g/mol. The molecule has 2 atom stereocenters. The first-order chi connectivity index (χ1) is 15.3. The van der Waals surface area contributed by atoms with Gasteiger partial charge in [-0.25, -0.2) is 4.98 Å². The van der Waals surface area contributed by atoms with Crippen molar-refractivity contribution in [3.63, 3.8) is 0 Å². The minimum Gasteiger partial charge on any atom is -0.401 e. The zero-order valence-electron chi connectivity index (χ0n) is 16.8. The molecular formula is C19H18F6N6O2. The van der Waals surface area contributed by atoms with Crippen LogP contribution in [0.3, 0.4) is 0 Å². The van der Waals surface area contributed by atoms with E-state index >= 15 is 0 Å². The third kappa shape index (κ3) is 4.72. The van der Waals surface area contributed by atoms with Gasteiger partial charge in [-0.1, -0.05) is 0 Å². The quantitative estimate of drug-likeness (QED) is 0.553. The number of aromatic nitrogens is 1. The predicted octanol–water partition coefficient (Wildman–Crippen LogP) is 1.84. The number of pyridine rings is 1. The van der Waals surface area contributed by atoms with Crippen LogP contribution in [0.5, 0.6) is 0 Å². The molecule has 0 aromatic carbocycles. The van der Waals surface area contributed by atoms with Gasteiger partial charge < -0.3 is 21.5 Å². The Morgan fingerprint density at radius 2 is 1.82 bits per heavy atom. The Morgan fingerprint density at radius 1 is 1.21 bits per heavy atom. The number of allylic oxidation sites excluding steroid dienone is 1. The lowest BCUT2D eigenvalue weighted by Crippen LogP contribution is -2.49. The molecule has 2 aliphatic heterocycles. The van der Waals surface area contributed by atoms with Crippen molar-refractivity contribution in [2.45, 2.75) is 31.3 Å². The summed E-state index contributed by atoms with van der Waals surface area (Å²) >= 11 is 0. The smallest absolute Gasteiger partial charge is 0.401 e. The summed E-state index contributed by atoms with van der Waals surface area (Å²) in [6.07, 6.45) is -11.2. The Morgan fingerprint density at radius 3 is 2.33 bits per heavy atom. The maximum absolute atomic E-state index is 13.6. The molecule has 0 saturated carbocycles. The molecule has 33 heavy (non-hydrogen) atoms. The summed E-state index contributed by atoms with van der Waals surface area (Å²) in [6, 6.07) is 2.18. The molecule has 0 unspecified atom stereocenters. The van der Waals surface area contributed by atoms with E-state index in [0.29, 0.717) is 0 Å². The fourth-order valence-electron chi connectivity index (χ4n) is 3.96. The van der Waals surface area contributed by atoms with Crippen LogP contribution < -0.4 is 16.4 Å². The van der Waals surface area contributed by atoms with Crippen molar-refractivity contribution in [1.82, 2.24) is 4.98 Å². The second kappa shape index (κ2) is 8.54. The molecule has 0 aliphatic carbocycles. The number of amides is 1. The van der Waals surface area contributed by atoms with Gasteiger partial charge in [0.1, 0.15) is 23.6 Å². The van der Waals surface area contributed by atoms with Crippen LogP contribution in [-0.2, 0) is 11.0 Å². The Balaban J connectivity index is 1.86. The van der Waals surface area contributed by atoms with E-state index in [1.807, 2.05) is 0 Å². The number of amidine groups is 1. The lowest BCUT2D eigenvalue weighted by atomic mass is 9.82. The second-order valence-electron chi connectivity index (χ2n) is 7.63. The number of carbonyl (C=O) groups excluding carboxylic acids is 1. The summed E-state index contributed by atoms with van der Waals surface area (Å²) < 4.78 is 80.3. The third-order valence-corrected chi connectivity index (χ3v) is 5.62. The Hall–Kier alpha value is -3.34. The highest BCUT2D eigenvalue weighted by Crippen LogP contribution is 2.40. The summed E-state index contributed by atoms with van der Waals surface area (Å²) in [5.74, 6) is -5.48. The van der Waals surface area contributed by atoms with Crippen molar-refractivity contribution in [3.8, 4) is 6.07 Å².